The predicted octanol–water partition coefficient (Wildman–Crippen LogP) is 2.90. The molecule has 0 atom stereocenters. The van der Waals surface area contributed by atoms with Gasteiger partial charge >= 0.3 is 0 Å². The molecule has 0 aliphatic carbocycles. The number of thiophene rings is 1. The van der Waals surface area contributed by atoms with Gasteiger partial charge in [0.15, 0.2) is 10.9 Å². The fourth-order valence-corrected chi connectivity index (χ4v) is 4.35. The summed E-state index contributed by atoms with van der Waals surface area (Å²) in [6.45, 7) is 0.675. The number of nitrogens with zero attached hydrogens (tertiary/aromatic N) is 2. The number of benzene rings is 1. The molecule has 0 saturated heterocycles. The van der Waals surface area contributed by atoms with Crippen LogP contribution in [0.25, 0.3) is 10.2 Å². The molecule has 0 bridgehead atoms. The number of ketones is 1. The van der Waals surface area contributed by atoms with Crippen molar-refractivity contribution in [3.63, 3.8) is 0 Å². The summed E-state index contributed by atoms with van der Waals surface area (Å²) < 4.78 is 6.96. The van der Waals surface area contributed by atoms with Crippen LogP contribution in [0, 0.1) is 0 Å². The second-order valence-electron chi connectivity index (χ2n) is 5.53. The molecule has 0 amide bonds. The smallest absolute Gasteiger partial charge is 0.262 e. The van der Waals surface area contributed by atoms with E-state index in [1.54, 1.807) is 19.2 Å². The highest BCUT2D eigenvalue weighted by atomic mass is 32.2. The van der Waals surface area contributed by atoms with Crippen LogP contribution >= 0.6 is 23.1 Å². The van der Waals surface area contributed by atoms with Gasteiger partial charge in [-0.2, -0.15) is 0 Å². The molecule has 1 aromatic carbocycles. The number of aromatic nitrogens is 2. The second-order valence-corrected chi connectivity index (χ2v) is 7.37. The molecular weight excluding hydrogens is 344 g/mol. The van der Waals surface area contributed by atoms with Crippen molar-refractivity contribution in [3.8, 4) is 5.75 Å². The van der Waals surface area contributed by atoms with E-state index in [1.165, 1.54) is 27.7 Å². The summed E-state index contributed by atoms with van der Waals surface area (Å²) in [6, 6.07) is 7.33. The van der Waals surface area contributed by atoms with E-state index in [0.29, 0.717) is 27.5 Å². The fourth-order valence-electron chi connectivity index (χ4n) is 2.68. The van der Waals surface area contributed by atoms with Crippen molar-refractivity contribution in [3.05, 3.63) is 51.1 Å². The third-order valence-electron chi connectivity index (χ3n) is 4.01. The van der Waals surface area contributed by atoms with Crippen LogP contribution in [-0.4, -0.2) is 27.7 Å². The van der Waals surface area contributed by atoms with Crippen LogP contribution in [0.3, 0.4) is 0 Å². The number of fused-ring (bicyclic) bond motifs is 2. The van der Waals surface area contributed by atoms with Crippen molar-refractivity contribution >= 4 is 39.1 Å². The standard InChI is InChI=1S/C17H14N2O3S2/c1-19-16(21)12-5-7-23-15(12)18-17(19)24-9-13(20)10-2-3-14-11(8-10)4-6-22-14/h2-3,5,7-8H,4,6,9H2,1H3. The lowest BCUT2D eigenvalue weighted by molar-refractivity contribution is 0.102. The Kier molecular flexibility index (Phi) is 3.90. The molecular formula is C17H14N2O3S2. The van der Waals surface area contributed by atoms with Gasteiger partial charge in [0.25, 0.3) is 5.56 Å². The van der Waals surface area contributed by atoms with Crippen molar-refractivity contribution in [2.24, 2.45) is 7.05 Å². The van der Waals surface area contributed by atoms with Crippen LogP contribution in [0.5, 0.6) is 5.75 Å². The van der Waals surface area contributed by atoms with Crippen LogP contribution in [0.2, 0.25) is 0 Å². The van der Waals surface area contributed by atoms with Crippen molar-refractivity contribution in [1.82, 2.24) is 9.55 Å². The molecule has 0 saturated carbocycles. The third-order valence-corrected chi connectivity index (χ3v) is 5.84. The molecule has 1 aliphatic heterocycles. The number of carbonyl (C=O) groups excluding carboxylic acids is 1. The molecule has 24 heavy (non-hydrogen) atoms. The Morgan fingerprint density at radius 1 is 1.42 bits per heavy atom. The molecule has 1 aliphatic rings. The van der Waals surface area contributed by atoms with E-state index in [1.807, 2.05) is 17.5 Å². The molecule has 3 aromatic rings. The monoisotopic (exact) mass is 358 g/mol. The van der Waals surface area contributed by atoms with E-state index < -0.39 is 0 Å². The summed E-state index contributed by atoms with van der Waals surface area (Å²) >= 11 is 2.73. The molecule has 0 unspecified atom stereocenters. The minimum absolute atomic E-state index is 0.0234. The van der Waals surface area contributed by atoms with Crippen molar-refractivity contribution in [1.29, 1.82) is 0 Å². The van der Waals surface area contributed by atoms with E-state index in [9.17, 15) is 9.59 Å². The Labute approximate surface area is 146 Å². The van der Waals surface area contributed by atoms with Gasteiger partial charge in [0.1, 0.15) is 10.6 Å². The van der Waals surface area contributed by atoms with E-state index >= 15 is 0 Å². The van der Waals surface area contributed by atoms with E-state index in [4.69, 9.17) is 4.74 Å². The Balaban J connectivity index is 1.55. The van der Waals surface area contributed by atoms with Crippen LogP contribution in [0.4, 0.5) is 0 Å². The molecule has 0 N–H and O–H groups in total. The molecule has 0 fully saturated rings. The van der Waals surface area contributed by atoms with E-state index in [2.05, 4.69) is 4.98 Å². The highest BCUT2D eigenvalue weighted by Crippen LogP contribution is 2.27. The first-order chi connectivity index (χ1) is 11.6. The Hall–Kier alpha value is -2.12. The zero-order chi connectivity index (χ0) is 16.7. The number of rotatable bonds is 4. The van der Waals surface area contributed by atoms with Gasteiger partial charge in [0, 0.05) is 19.0 Å². The molecule has 122 valence electrons. The first-order valence-electron chi connectivity index (χ1n) is 7.49. The molecule has 2 aromatic heterocycles. The zero-order valence-corrected chi connectivity index (χ0v) is 14.6. The van der Waals surface area contributed by atoms with Gasteiger partial charge in [0.05, 0.1) is 17.7 Å². The second kappa shape index (κ2) is 6.07. The number of hydrogen-bond acceptors (Lipinski definition) is 6. The number of ether oxygens (including phenoxy) is 1. The number of thioether (sulfide) groups is 1. The highest BCUT2D eigenvalue weighted by Gasteiger charge is 2.16. The molecule has 3 heterocycles. The maximum absolute atomic E-state index is 12.5. The largest absolute Gasteiger partial charge is 0.493 e. The molecule has 0 spiro atoms. The predicted molar refractivity (Wildman–Crippen MR) is 95.6 cm³/mol. The van der Waals surface area contributed by atoms with Crippen LogP contribution in [0.1, 0.15) is 15.9 Å². The van der Waals surface area contributed by atoms with Gasteiger partial charge in [-0.3, -0.25) is 14.2 Å². The molecule has 7 heteroatoms. The molecule has 0 radical (unpaired) electrons. The lowest BCUT2D eigenvalue weighted by Crippen LogP contribution is -2.19. The normalized spacial score (nSPS) is 13.0. The summed E-state index contributed by atoms with van der Waals surface area (Å²) in [7, 11) is 1.69. The van der Waals surface area contributed by atoms with Crippen LogP contribution in [0.15, 0.2) is 39.6 Å². The maximum Gasteiger partial charge on any atom is 0.262 e. The summed E-state index contributed by atoms with van der Waals surface area (Å²) in [5.41, 5.74) is 1.68. The third kappa shape index (κ3) is 2.63. The number of Topliss-reactive ketones (excluding diaryl/α,β-unsaturated/α-hetero) is 1. The highest BCUT2D eigenvalue weighted by molar-refractivity contribution is 7.99. The first kappa shape index (κ1) is 15.4. The Morgan fingerprint density at radius 2 is 2.29 bits per heavy atom. The zero-order valence-electron chi connectivity index (χ0n) is 12.9. The minimum Gasteiger partial charge on any atom is -0.493 e. The maximum atomic E-state index is 12.5. The number of carbonyl (C=O) groups is 1. The number of hydrogen-bond donors (Lipinski definition) is 0. The molecule has 4 rings (SSSR count). The van der Waals surface area contributed by atoms with E-state index in [-0.39, 0.29) is 17.1 Å². The van der Waals surface area contributed by atoms with Gasteiger partial charge in [-0.25, -0.2) is 4.98 Å². The lowest BCUT2D eigenvalue weighted by Gasteiger charge is -2.07. The summed E-state index contributed by atoms with van der Waals surface area (Å²) in [4.78, 5) is 29.9. The van der Waals surface area contributed by atoms with Gasteiger partial charge in [-0.05, 0) is 35.2 Å². The van der Waals surface area contributed by atoms with Crippen molar-refractivity contribution in [2.45, 2.75) is 11.6 Å². The van der Waals surface area contributed by atoms with Gasteiger partial charge < -0.3 is 4.74 Å². The van der Waals surface area contributed by atoms with Gasteiger partial charge in [0.2, 0.25) is 0 Å². The average molecular weight is 358 g/mol. The van der Waals surface area contributed by atoms with Crippen LogP contribution in [-0.2, 0) is 13.5 Å². The minimum atomic E-state index is -0.0779. The summed E-state index contributed by atoms with van der Waals surface area (Å²) in [6.07, 6.45) is 0.842. The Bertz CT molecular complexity index is 1010. The van der Waals surface area contributed by atoms with Crippen LogP contribution < -0.4 is 10.3 Å². The van der Waals surface area contributed by atoms with Gasteiger partial charge in [-0.1, -0.05) is 11.8 Å². The van der Waals surface area contributed by atoms with Gasteiger partial charge in [-0.15, -0.1) is 11.3 Å². The molecule has 5 nitrogen and oxygen atoms in total. The van der Waals surface area contributed by atoms with E-state index in [0.717, 1.165) is 17.7 Å². The van der Waals surface area contributed by atoms with Crippen molar-refractivity contribution < 1.29 is 9.53 Å². The Morgan fingerprint density at radius 3 is 3.17 bits per heavy atom. The SMILES string of the molecule is Cn1c(SCC(=O)c2ccc3c(c2)CCO3)nc2sccc2c1=O. The first-order valence-corrected chi connectivity index (χ1v) is 9.36. The summed E-state index contributed by atoms with van der Waals surface area (Å²) in [5, 5.41) is 3.04. The summed E-state index contributed by atoms with van der Waals surface area (Å²) in [5.74, 6) is 1.14. The average Bonchev–Trinajstić information content (AvgIpc) is 3.24. The van der Waals surface area contributed by atoms with Crippen molar-refractivity contribution in [2.75, 3.05) is 12.4 Å². The quantitative estimate of drug-likeness (QED) is 0.408. The topological polar surface area (TPSA) is 61.2 Å². The lowest BCUT2D eigenvalue weighted by atomic mass is 10.1. The fraction of sp³-hybridized carbons (Fsp3) is 0.235.